The molecule has 0 aliphatic carbocycles. The maximum absolute atomic E-state index is 12.8. The second kappa shape index (κ2) is 13.7. The quantitative estimate of drug-likeness (QED) is 0.341. The first-order chi connectivity index (χ1) is 17.6. The van der Waals surface area contributed by atoms with Crippen molar-refractivity contribution in [2.45, 2.75) is 58.4 Å². The van der Waals surface area contributed by atoms with Crippen LogP contribution in [-0.2, 0) is 17.4 Å². The van der Waals surface area contributed by atoms with Gasteiger partial charge in [0.05, 0.1) is 17.2 Å². The van der Waals surface area contributed by atoms with Crippen LogP contribution in [0.25, 0.3) is 0 Å². The molecular formula is C28H29ClF3N3O2. The molecule has 1 heterocycles. The molecule has 196 valence electrons. The highest BCUT2D eigenvalue weighted by Crippen LogP contribution is 2.29. The number of nitrogens with zero attached hydrogens (tertiary/aromatic N) is 2. The molecule has 3 unspecified atom stereocenters. The minimum Gasteiger partial charge on any atom is -0.465 e. The smallest absolute Gasteiger partial charge is 0.417 e. The Hall–Kier alpha value is -3.57. The van der Waals surface area contributed by atoms with E-state index in [1.54, 1.807) is 30.3 Å². The van der Waals surface area contributed by atoms with Crippen LogP contribution >= 0.6 is 11.6 Å². The Morgan fingerprint density at radius 1 is 1.11 bits per heavy atom. The number of hydrogen-bond acceptors (Lipinski definition) is 4. The summed E-state index contributed by atoms with van der Waals surface area (Å²) in [6, 6.07) is 18.3. The molecule has 9 heteroatoms. The average Bonchev–Trinajstić information content (AvgIpc) is 2.89. The van der Waals surface area contributed by atoms with Crippen molar-refractivity contribution in [1.82, 2.24) is 10.3 Å². The maximum atomic E-state index is 12.8. The van der Waals surface area contributed by atoms with E-state index in [0.717, 1.165) is 23.3 Å². The van der Waals surface area contributed by atoms with E-state index in [1.165, 1.54) is 6.92 Å². The van der Waals surface area contributed by atoms with Gasteiger partial charge in [-0.25, -0.2) is 4.98 Å². The molecule has 5 nitrogen and oxygen atoms in total. The van der Waals surface area contributed by atoms with E-state index in [-0.39, 0.29) is 17.8 Å². The van der Waals surface area contributed by atoms with Crippen molar-refractivity contribution in [3.8, 4) is 11.9 Å². The third kappa shape index (κ3) is 8.80. The van der Waals surface area contributed by atoms with Gasteiger partial charge in [-0.15, -0.1) is 0 Å². The predicted molar refractivity (Wildman–Crippen MR) is 137 cm³/mol. The van der Waals surface area contributed by atoms with Crippen LogP contribution in [0.5, 0.6) is 5.88 Å². The Morgan fingerprint density at radius 3 is 2.35 bits per heavy atom. The van der Waals surface area contributed by atoms with Gasteiger partial charge in [0.1, 0.15) is 0 Å². The molecule has 0 fully saturated rings. The highest BCUT2D eigenvalue weighted by atomic mass is 35.5. The maximum Gasteiger partial charge on any atom is 0.417 e. The van der Waals surface area contributed by atoms with Gasteiger partial charge in [0, 0.05) is 29.2 Å². The molecule has 3 aromatic rings. The summed E-state index contributed by atoms with van der Waals surface area (Å²) in [4.78, 5) is 16.5. The van der Waals surface area contributed by atoms with Crippen molar-refractivity contribution in [2.75, 3.05) is 0 Å². The van der Waals surface area contributed by atoms with Gasteiger partial charge in [-0.3, -0.25) is 4.79 Å². The summed E-state index contributed by atoms with van der Waals surface area (Å²) in [6.45, 7) is 7.34. The minimum atomic E-state index is -4.51. The molecule has 0 saturated heterocycles. The largest absolute Gasteiger partial charge is 0.465 e. The van der Waals surface area contributed by atoms with Crippen molar-refractivity contribution in [3.05, 3.63) is 94.1 Å². The van der Waals surface area contributed by atoms with E-state index in [1.807, 2.05) is 39.0 Å². The van der Waals surface area contributed by atoms with Crippen molar-refractivity contribution in [2.24, 2.45) is 0 Å². The molecule has 0 aliphatic rings. The van der Waals surface area contributed by atoms with Crippen LogP contribution in [0, 0.1) is 11.3 Å². The molecule has 1 amide bonds. The van der Waals surface area contributed by atoms with Crippen molar-refractivity contribution in [1.29, 1.82) is 5.26 Å². The Balaban J connectivity index is 0.00000235. The van der Waals surface area contributed by atoms with E-state index in [4.69, 9.17) is 16.3 Å². The molecule has 3 atom stereocenters. The zero-order valence-electron chi connectivity index (χ0n) is 21.0. The van der Waals surface area contributed by atoms with Crippen LogP contribution in [0.4, 0.5) is 13.2 Å². The van der Waals surface area contributed by atoms with Gasteiger partial charge in [0.25, 0.3) is 5.91 Å². The summed E-state index contributed by atoms with van der Waals surface area (Å²) in [6.07, 6.45) is -4.27. The van der Waals surface area contributed by atoms with Crippen LogP contribution in [0.1, 0.15) is 55.9 Å². The molecule has 0 aliphatic heterocycles. The second-order valence-electron chi connectivity index (χ2n) is 8.11. The molecule has 37 heavy (non-hydrogen) atoms. The van der Waals surface area contributed by atoms with Crippen LogP contribution in [0.2, 0.25) is 5.02 Å². The van der Waals surface area contributed by atoms with Crippen molar-refractivity contribution < 1.29 is 22.7 Å². The topological polar surface area (TPSA) is 75.0 Å². The molecule has 0 saturated carbocycles. The molecule has 0 radical (unpaired) electrons. The number of rotatable bonds is 8. The number of pyridine rings is 1. The van der Waals surface area contributed by atoms with Gasteiger partial charge in [-0.2, -0.15) is 18.4 Å². The lowest BCUT2D eigenvalue weighted by atomic mass is 9.86. The fourth-order valence-electron chi connectivity index (χ4n) is 3.59. The average molecular weight is 532 g/mol. The van der Waals surface area contributed by atoms with E-state index in [2.05, 4.69) is 16.4 Å². The normalized spacial score (nSPS) is 13.3. The van der Waals surface area contributed by atoms with Gasteiger partial charge >= 0.3 is 6.18 Å². The fourth-order valence-corrected chi connectivity index (χ4v) is 3.72. The SMILES string of the molecule is CC.CC(Oc1ccc(C(F)(F)F)cn1)C(=O)NC(C)C(Cc1ccc(Cl)cc1)c1cccc(C#N)c1. The summed E-state index contributed by atoms with van der Waals surface area (Å²) in [5.74, 6) is -0.714. The third-order valence-electron chi connectivity index (χ3n) is 5.52. The molecule has 1 N–H and O–H groups in total. The lowest BCUT2D eigenvalue weighted by molar-refractivity contribution is -0.138. The summed E-state index contributed by atoms with van der Waals surface area (Å²) in [7, 11) is 0. The van der Waals surface area contributed by atoms with Crippen molar-refractivity contribution in [3.63, 3.8) is 0 Å². The van der Waals surface area contributed by atoms with Crippen molar-refractivity contribution >= 4 is 17.5 Å². The number of aromatic nitrogens is 1. The fraction of sp³-hybridized carbons (Fsp3) is 0.321. The standard InChI is InChI=1S/C26H23ClF3N3O2.C2H6/c1-16(33-25(34)17(2)35-24-11-8-21(15-32-24)26(28,29)30)23(13-18-6-9-22(27)10-7-18)20-5-3-4-19(12-20)14-31;1-2/h3-12,15-17,23H,13H2,1-2H3,(H,33,34);1-2H3. The number of amides is 1. The molecule has 0 spiro atoms. The zero-order valence-corrected chi connectivity index (χ0v) is 21.8. The number of ether oxygens (including phenoxy) is 1. The highest BCUT2D eigenvalue weighted by Gasteiger charge is 2.31. The van der Waals surface area contributed by atoms with Gasteiger partial charge in [-0.1, -0.05) is 49.7 Å². The number of alkyl halides is 3. The summed E-state index contributed by atoms with van der Waals surface area (Å²) in [5, 5.41) is 12.8. The molecule has 1 aromatic heterocycles. The number of hydrogen-bond donors (Lipinski definition) is 1. The number of carbonyl (C=O) groups excluding carboxylic acids is 1. The number of nitriles is 1. The Morgan fingerprint density at radius 2 is 1.78 bits per heavy atom. The first-order valence-electron chi connectivity index (χ1n) is 11.8. The van der Waals surface area contributed by atoms with Gasteiger partial charge in [0.15, 0.2) is 6.10 Å². The first kappa shape index (κ1) is 29.7. The third-order valence-corrected chi connectivity index (χ3v) is 5.77. The second-order valence-corrected chi connectivity index (χ2v) is 8.55. The summed E-state index contributed by atoms with van der Waals surface area (Å²) >= 11 is 6.00. The van der Waals surface area contributed by atoms with E-state index >= 15 is 0 Å². The van der Waals surface area contributed by atoms with E-state index in [0.29, 0.717) is 23.2 Å². The molecule has 0 bridgehead atoms. The zero-order chi connectivity index (χ0) is 27.6. The summed E-state index contributed by atoms with van der Waals surface area (Å²) < 4.78 is 43.6. The minimum absolute atomic E-state index is 0.0901. The first-order valence-corrected chi connectivity index (χ1v) is 12.2. The predicted octanol–water partition coefficient (Wildman–Crippen LogP) is 6.95. The Bertz CT molecular complexity index is 1190. The number of nitrogens with one attached hydrogen (secondary N) is 1. The Labute approximate surface area is 220 Å². The number of carbonyl (C=O) groups is 1. The van der Waals surface area contributed by atoms with Crippen LogP contribution in [0.15, 0.2) is 66.9 Å². The molecule has 2 aromatic carbocycles. The van der Waals surface area contributed by atoms with Crippen LogP contribution < -0.4 is 10.1 Å². The lowest BCUT2D eigenvalue weighted by Crippen LogP contribution is -2.44. The van der Waals surface area contributed by atoms with Gasteiger partial charge in [0.2, 0.25) is 5.88 Å². The monoisotopic (exact) mass is 531 g/mol. The van der Waals surface area contributed by atoms with Crippen LogP contribution in [0.3, 0.4) is 0 Å². The molecular weight excluding hydrogens is 503 g/mol. The Kier molecular flexibility index (Phi) is 10.9. The van der Waals surface area contributed by atoms with Crippen LogP contribution in [-0.4, -0.2) is 23.0 Å². The molecule has 3 rings (SSSR count). The number of halogens is 4. The lowest BCUT2D eigenvalue weighted by Gasteiger charge is -2.27. The van der Waals surface area contributed by atoms with Gasteiger partial charge < -0.3 is 10.1 Å². The summed E-state index contributed by atoms with van der Waals surface area (Å²) in [5.41, 5.74) is 1.48. The van der Waals surface area contributed by atoms with Gasteiger partial charge in [-0.05, 0) is 61.7 Å². The van der Waals surface area contributed by atoms with E-state index < -0.39 is 23.8 Å². The number of benzene rings is 2. The highest BCUT2D eigenvalue weighted by molar-refractivity contribution is 6.30. The van der Waals surface area contributed by atoms with E-state index in [9.17, 15) is 23.2 Å².